The number of hydrogen-bond acceptors (Lipinski definition) is 0. The first-order chi connectivity index (χ1) is 21.0. The molecule has 0 spiro atoms. The van der Waals surface area contributed by atoms with Crippen molar-refractivity contribution in [2.75, 3.05) is 5.83 Å². The molecule has 0 nitrogen and oxygen atoms in total. The summed E-state index contributed by atoms with van der Waals surface area (Å²) in [5.41, 5.74) is 17.2. The van der Waals surface area contributed by atoms with Crippen LogP contribution in [-0.4, -0.2) is 5.83 Å². The van der Waals surface area contributed by atoms with Gasteiger partial charge in [-0.1, -0.05) is 182 Å². The monoisotopic (exact) mass is 702 g/mol. The normalized spacial score (nSPS) is 13.3. The van der Waals surface area contributed by atoms with E-state index in [4.69, 9.17) is 0 Å². The van der Waals surface area contributed by atoms with Gasteiger partial charge >= 0.3 is 0 Å². The molecule has 0 saturated heterocycles. The Morgan fingerprint density at radius 2 is 0.708 bits per heavy atom. The standard InChI is InChI=1S/2C21H20.CH3Br.4CH4/c2*1-13-9-10-17-18(11-13)21(3,4)19-12-14(2)15-7-5-6-8-16(15)20(17)19;1-2;;;;/h2*5-12H,1-4H3;1H3;4*1H4. The minimum Gasteiger partial charge on any atom is -0.0966 e. The van der Waals surface area contributed by atoms with Crippen molar-refractivity contribution in [1.29, 1.82) is 0 Å². The average Bonchev–Trinajstić information content (AvgIpc) is 3.37. The highest BCUT2D eigenvalue weighted by atomic mass is 79.9. The van der Waals surface area contributed by atoms with Gasteiger partial charge in [0.2, 0.25) is 0 Å². The van der Waals surface area contributed by atoms with Gasteiger partial charge in [0.1, 0.15) is 0 Å². The van der Waals surface area contributed by atoms with E-state index in [1.807, 2.05) is 5.83 Å². The predicted octanol–water partition coefficient (Wildman–Crippen LogP) is 15.1. The van der Waals surface area contributed by atoms with E-state index in [2.05, 4.69) is 168 Å². The molecule has 0 atom stereocenters. The van der Waals surface area contributed by atoms with Gasteiger partial charge in [0.25, 0.3) is 0 Å². The van der Waals surface area contributed by atoms with Gasteiger partial charge in [-0.2, -0.15) is 0 Å². The van der Waals surface area contributed by atoms with Crippen LogP contribution in [0.15, 0.2) is 97.1 Å². The second kappa shape index (κ2) is 14.8. The molecule has 8 rings (SSSR count). The van der Waals surface area contributed by atoms with Crippen LogP contribution in [0, 0.1) is 27.7 Å². The van der Waals surface area contributed by atoms with Crippen LogP contribution in [-0.2, 0) is 10.8 Å². The summed E-state index contributed by atoms with van der Waals surface area (Å²) < 4.78 is 0. The van der Waals surface area contributed by atoms with Gasteiger partial charge in [0.05, 0.1) is 0 Å². The highest BCUT2D eigenvalue weighted by Gasteiger charge is 2.38. The summed E-state index contributed by atoms with van der Waals surface area (Å²) in [7, 11) is 0. The number of rotatable bonds is 0. The Morgan fingerprint density at radius 1 is 0.396 bits per heavy atom. The lowest BCUT2D eigenvalue weighted by Crippen LogP contribution is -2.15. The van der Waals surface area contributed by atoms with Crippen LogP contribution in [0.2, 0.25) is 0 Å². The average molecular weight is 704 g/mol. The van der Waals surface area contributed by atoms with Crippen molar-refractivity contribution in [2.45, 2.75) is 95.9 Å². The third-order valence-electron chi connectivity index (χ3n) is 10.1. The molecule has 48 heavy (non-hydrogen) atoms. The Hall–Kier alpha value is -3.68. The Morgan fingerprint density at radius 3 is 1.04 bits per heavy atom. The third kappa shape index (κ3) is 6.16. The minimum atomic E-state index is 0. The molecule has 0 N–H and O–H groups in total. The van der Waals surface area contributed by atoms with Gasteiger partial charge in [-0.05, 0) is 111 Å². The molecule has 0 aromatic heterocycles. The predicted molar refractivity (Wildman–Crippen MR) is 224 cm³/mol. The van der Waals surface area contributed by atoms with E-state index in [1.54, 1.807) is 0 Å². The van der Waals surface area contributed by atoms with Crippen molar-refractivity contribution in [3.8, 4) is 22.3 Å². The number of fused-ring (bicyclic) bond motifs is 10. The van der Waals surface area contributed by atoms with Crippen molar-refractivity contribution in [1.82, 2.24) is 0 Å². The lowest BCUT2D eigenvalue weighted by Gasteiger charge is -2.22. The quantitative estimate of drug-likeness (QED) is 0.138. The first-order valence-corrected chi connectivity index (χ1v) is 17.2. The van der Waals surface area contributed by atoms with Crippen LogP contribution >= 0.6 is 15.9 Å². The fraction of sp³-hybridized carbons (Fsp3) is 0.319. The van der Waals surface area contributed by atoms with Crippen molar-refractivity contribution >= 4 is 37.5 Å². The number of benzene rings is 6. The fourth-order valence-electron chi connectivity index (χ4n) is 7.76. The van der Waals surface area contributed by atoms with Gasteiger partial charge < -0.3 is 0 Å². The zero-order valence-corrected chi connectivity index (χ0v) is 29.2. The first-order valence-electron chi connectivity index (χ1n) is 15.7. The number of alkyl halides is 1. The molecule has 6 aromatic carbocycles. The Labute approximate surface area is 301 Å². The molecule has 6 aromatic rings. The Balaban J connectivity index is 0.000000294. The summed E-state index contributed by atoms with van der Waals surface area (Å²) in [5.74, 6) is 1.81. The molecule has 0 heterocycles. The molecule has 2 aliphatic rings. The summed E-state index contributed by atoms with van der Waals surface area (Å²) in [4.78, 5) is 0. The molecule has 0 saturated carbocycles. The minimum absolute atomic E-state index is 0. The molecule has 0 bridgehead atoms. The second-order valence-corrected chi connectivity index (χ2v) is 13.7. The molecule has 254 valence electrons. The van der Waals surface area contributed by atoms with Crippen molar-refractivity contribution < 1.29 is 0 Å². The molecule has 2 aliphatic carbocycles. The van der Waals surface area contributed by atoms with E-state index >= 15 is 0 Å². The SMILES string of the molecule is C.C.C.C.CBr.Cc1ccc2c(c1)C(C)(C)c1cc(C)c3ccccc3c1-2.Cc1ccc2c(c1)C(C)(C)c1cc(C)c3ccccc3c1-2. The van der Waals surface area contributed by atoms with Crippen LogP contribution < -0.4 is 0 Å². The molecule has 0 fully saturated rings. The summed E-state index contributed by atoms with van der Waals surface area (Å²) >= 11 is 2.94. The van der Waals surface area contributed by atoms with Crippen LogP contribution in [0.3, 0.4) is 0 Å². The van der Waals surface area contributed by atoms with Crippen molar-refractivity contribution in [3.63, 3.8) is 0 Å². The molecule has 0 unspecified atom stereocenters. The lowest BCUT2D eigenvalue weighted by atomic mass is 9.81. The van der Waals surface area contributed by atoms with E-state index in [1.165, 1.54) is 88.3 Å². The number of halogens is 1. The van der Waals surface area contributed by atoms with Crippen LogP contribution in [0.25, 0.3) is 43.8 Å². The molecular formula is C47H59Br. The lowest BCUT2D eigenvalue weighted by molar-refractivity contribution is 0.659. The molecule has 0 amide bonds. The van der Waals surface area contributed by atoms with E-state index in [9.17, 15) is 0 Å². The largest absolute Gasteiger partial charge is 0.0966 e. The first kappa shape index (κ1) is 40.5. The zero-order valence-electron chi connectivity index (χ0n) is 27.6. The van der Waals surface area contributed by atoms with Crippen LogP contribution in [0.4, 0.5) is 0 Å². The number of hydrogen-bond donors (Lipinski definition) is 0. The van der Waals surface area contributed by atoms with Gasteiger partial charge in [-0.25, -0.2) is 0 Å². The van der Waals surface area contributed by atoms with Gasteiger partial charge in [-0.3, -0.25) is 0 Å². The van der Waals surface area contributed by atoms with Crippen molar-refractivity contribution in [3.05, 3.63) is 142 Å². The van der Waals surface area contributed by atoms with E-state index in [-0.39, 0.29) is 40.5 Å². The maximum atomic E-state index is 2.94. The number of aryl methyl sites for hydroxylation is 4. The highest BCUT2D eigenvalue weighted by Crippen LogP contribution is 2.53. The summed E-state index contributed by atoms with van der Waals surface area (Å²) in [5, 5.41) is 5.53. The van der Waals surface area contributed by atoms with Gasteiger partial charge in [-0.15, -0.1) is 0 Å². The van der Waals surface area contributed by atoms with E-state index in [0.717, 1.165) is 0 Å². The van der Waals surface area contributed by atoms with Gasteiger partial charge in [0.15, 0.2) is 0 Å². The maximum absolute atomic E-state index is 2.94. The zero-order chi connectivity index (χ0) is 31.6. The summed E-state index contributed by atoms with van der Waals surface area (Å²) in [6.07, 6.45) is 0. The molecular weight excluding hydrogens is 644 g/mol. The van der Waals surface area contributed by atoms with Gasteiger partial charge in [0, 0.05) is 10.8 Å². The van der Waals surface area contributed by atoms with Crippen LogP contribution in [0.1, 0.15) is 102 Å². The smallest absolute Gasteiger partial charge is 0.0159 e. The fourth-order valence-corrected chi connectivity index (χ4v) is 7.76. The van der Waals surface area contributed by atoms with Crippen LogP contribution in [0.5, 0.6) is 0 Å². The third-order valence-corrected chi connectivity index (χ3v) is 10.1. The van der Waals surface area contributed by atoms with E-state index in [0.29, 0.717) is 0 Å². The molecule has 1 heteroatoms. The Bertz CT molecular complexity index is 1920. The van der Waals surface area contributed by atoms with Crippen molar-refractivity contribution in [2.24, 2.45) is 0 Å². The summed E-state index contributed by atoms with van der Waals surface area (Å²) in [6.45, 7) is 18.2. The highest BCUT2D eigenvalue weighted by molar-refractivity contribution is 9.08. The molecule has 0 aliphatic heterocycles. The topological polar surface area (TPSA) is 0 Å². The van der Waals surface area contributed by atoms with E-state index < -0.39 is 0 Å². The summed E-state index contributed by atoms with van der Waals surface area (Å²) in [6, 6.07) is 36.2. The second-order valence-electron chi connectivity index (χ2n) is 13.7. The Kier molecular flexibility index (Phi) is 12.5. The molecule has 0 radical (unpaired) electrons. The maximum Gasteiger partial charge on any atom is 0.0159 e.